The molecule has 0 saturated carbocycles. The molecular weight excluding hydrogens is 184 g/mol. The van der Waals surface area contributed by atoms with E-state index in [4.69, 9.17) is 0 Å². The molecule has 0 atom stereocenters. The Morgan fingerprint density at radius 1 is 0.800 bits per heavy atom. The Labute approximate surface area is 94.6 Å². The van der Waals surface area contributed by atoms with Gasteiger partial charge in [0.05, 0.1) is 0 Å². The van der Waals surface area contributed by atoms with Crippen LogP contribution in [0.25, 0.3) is 0 Å². The van der Waals surface area contributed by atoms with Crippen molar-refractivity contribution in [3.05, 3.63) is 0 Å². The van der Waals surface area contributed by atoms with E-state index in [0.717, 1.165) is 11.8 Å². The Bertz CT molecular complexity index is 183. The highest BCUT2D eigenvalue weighted by Crippen LogP contribution is 2.39. The van der Waals surface area contributed by atoms with Gasteiger partial charge in [-0.05, 0) is 11.8 Å². The smallest absolute Gasteiger partial charge is 0.0212 e. The summed E-state index contributed by atoms with van der Waals surface area (Å²) in [6.07, 6.45) is 0. The van der Waals surface area contributed by atoms with Gasteiger partial charge in [-0.25, -0.2) is 0 Å². The first-order valence-electron chi connectivity index (χ1n) is 6.44. The van der Waals surface area contributed by atoms with E-state index in [1.54, 1.807) is 0 Å². The number of likely N-dealkylation sites (tertiary alicyclic amines) is 2. The quantitative estimate of drug-likeness (QED) is 0.699. The first-order valence-corrected chi connectivity index (χ1v) is 6.44. The highest BCUT2D eigenvalue weighted by atomic mass is 15.3. The number of rotatable bonds is 4. The number of hydrogen-bond acceptors (Lipinski definition) is 2. The van der Waals surface area contributed by atoms with Gasteiger partial charge in [-0.1, -0.05) is 27.7 Å². The third kappa shape index (κ3) is 2.54. The molecule has 0 radical (unpaired) electrons. The minimum Gasteiger partial charge on any atom is -0.302 e. The molecule has 0 amide bonds. The normalized spacial score (nSPS) is 26.0. The molecule has 0 aromatic carbocycles. The Morgan fingerprint density at radius 2 is 1.13 bits per heavy atom. The summed E-state index contributed by atoms with van der Waals surface area (Å²) in [6, 6.07) is 0. The predicted molar refractivity (Wildman–Crippen MR) is 65.0 cm³/mol. The highest BCUT2D eigenvalue weighted by Gasteiger charge is 2.50. The van der Waals surface area contributed by atoms with Crippen LogP contribution >= 0.6 is 0 Å². The zero-order chi connectivity index (χ0) is 11.1. The summed E-state index contributed by atoms with van der Waals surface area (Å²) in [5.41, 5.74) is 0.712. The second-order valence-electron chi connectivity index (χ2n) is 6.63. The van der Waals surface area contributed by atoms with Crippen LogP contribution in [0.3, 0.4) is 0 Å². The summed E-state index contributed by atoms with van der Waals surface area (Å²) in [7, 11) is 0. The molecule has 2 heterocycles. The van der Waals surface area contributed by atoms with Crippen molar-refractivity contribution in [2.24, 2.45) is 17.3 Å². The lowest BCUT2D eigenvalue weighted by Gasteiger charge is -2.61. The van der Waals surface area contributed by atoms with Crippen LogP contribution in [0.4, 0.5) is 0 Å². The summed E-state index contributed by atoms with van der Waals surface area (Å²) in [5.74, 6) is 1.66. The van der Waals surface area contributed by atoms with Crippen molar-refractivity contribution in [1.82, 2.24) is 9.80 Å². The average molecular weight is 210 g/mol. The lowest BCUT2D eigenvalue weighted by Crippen LogP contribution is -2.72. The Kier molecular flexibility index (Phi) is 3.09. The third-order valence-electron chi connectivity index (χ3n) is 3.48. The van der Waals surface area contributed by atoms with E-state index in [-0.39, 0.29) is 0 Å². The van der Waals surface area contributed by atoms with E-state index in [1.165, 1.54) is 39.3 Å². The first kappa shape index (κ1) is 11.4. The monoisotopic (exact) mass is 210 g/mol. The fourth-order valence-electron chi connectivity index (χ4n) is 3.30. The van der Waals surface area contributed by atoms with Gasteiger partial charge in [-0.3, -0.25) is 0 Å². The zero-order valence-electron chi connectivity index (χ0n) is 10.8. The molecule has 0 aromatic heterocycles. The third-order valence-corrected chi connectivity index (χ3v) is 3.48. The van der Waals surface area contributed by atoms with Crippen LogP contribution in [0.15, 0.2) is 0 Å². The van der Waals surface area contributed by atoms with Gasteiger partial charge in [0.2, 0.25) is 0 Å². The minimum absolute atomic E-state index is 0.712. The molecule has 2 heteroatoms. The number of hydrogen-bond donors (Lipinski definition) is 0. The van der Waals surface area contributed by atoms with Crippen molar-refractivity contribution in [2.75, 3.05) is 39.3 Å². The SMILES string of the molecule is CC(C)CN1CC2(C1)CN(CC(C)C)C2. The Balaban J connectivity index is 1.64. The van der Waals surface area contributed by atoms with Gasteiger partial charge in [-0.15, -0.1) is 0 Å². The lowest BCUT2D eigenvalue weighted by atomic mass is 9.72. The van der Waals surface area contributed by atoms with Crippen LogP contribution in [0, 0.1) is 17.3 Å². The molecule has 2 saturated heterocycles. The minimum atomic E-state index is 0.712. The van der Waals surface area contributed by atoms with E-state index in [2.05, 4.69) is 37.5 Å². The molecule has 2 nitrogen and oxygen atoms in total. The standard InChI is InChI=1S/C13H26N2/c1-11(2)5-14-7-13(8-14)9-15(10-13)6-12(3)4/h11-12H,5-10H2,1-4H3. The summed E-state index contributed by atoms with van der Waals surface area (Å²) >= 11 is 0. The zero-order valence-corrected chi connectivity index (χ0v) is 10.8. The molecule has 0 aliphatic carbocycles. The van der Waals surface area contributed by atoms with Crippen molar-refractivity contribution in [2.45, 2.75) is 27.7 Å². The van der Waals surface area contributed by atoms with Crippen molar-refractivity contribution in [3.8, 4) is 0 Å². The van der Waals surface area contributed by atoms with Gasteiger partial charge in [0.25, 0.3) is 0 Å². The van der Waals surface area contributed by atoms with Crippen molar-refractivity contribution in [3.63, 3.8) is 0 Å². The van der Waals surface area contributed by atoms with Crippen LogP contribution in [0.2, 0.25) is 0 Å². The van der Waals surface area contributed by atoms with Gasteiger partial charge >= 0.3 is 0 Å². The predicted octanol–water partition coefficient (Wildman–Crippen LogP) is 1.92. The number of nitrogens with zero attached hydrogens (tertiary/aromatic N) is 2. The summed E-state index contributed by atoms with van der Waals surface area (Å²) in [6.45, 7) is 17.3. The van der Waals surface area contributed by atoms with E-state index < -0.39 is 0 Å². The van der Waals surface area contributed by atoms with Gasteiger partial charge < -0.3 is 9.80 Å². The molecule has 0 unspecified atom stereocenters. The second-order valence-corrected chi connectivity index (χ2v) is 6.63. The van der Waals surface area contributed by atoms with Gasteiger partial charge in [0.1, 0.15) is 0 Å². The van der Waals surface area contributed by atoms with E-state index in [9.17, 15) is 0 Å². The van der Waals surface area contributed by atoms with Crippen molar-refractivity contribution in [1.29, 1.82) is 0 Å². The molecule has 0 N–H and O–H groups in total. The Morgan fingerprint density at radius 3 is 1.40 bits per heavy atom. The van der Waals surface area contributed by atoms with Crippen molar-refractivity contribution < 1.29 is 0 Å². The van der Waals surface area contributed by atoms with E-state index in [0.29, 0.717) is 5.41 Å². The maximum absolute atomic E-state index is 2.62. The first-order chi connectivity index (χ1) is 6.99. The molecule has 0 aromatic rings. The van der Waals surface area contributed by atoms with Crippen molar-refractivity contribution >= 4 is 0 Å². The highest BCUT2D eigenvalue weighted by molar-refractivity contribution is 5.05. The molecule has 2 aliphatic heterocycles. The molecule has 2 aliphatic rings. The Hall–Kier alpha value is -0.0800. The van der Waals surface area contributed by atoms with Crippen LogP contribution in [-0.2, 0) is 0 Å². The molecule has 2 rings (SSSR count). The van der Waals surface area contributed by atoms with E-state index in [1.807, 2.05) is 0 Å². The van der Waals surface area contributed by atoms with Crippen LogP contribution in [0.5, 0.6) is 0 Å². The van der Waals surface area contributed by atoms with Crippen LogP contribution < -0.4 is 0 Å². The fourth-order valence-corrected chi connectivity index (χ4v) is 3.30. The summed E-state index contributed by atoms with van der Waals surface area (Å²) in [5, 5.41) is 0. The molecular formula is C13H26N2. The molecule has 1 spiro atoms. The largest absolute Gasteiger partial charge is 0.302 e. The maximum Gasteiger partial charge on any atom is 0.0212 e. The van der Waals surface area contributed by atoms with Gasteiger partial charge in [0.15, 0.2) is 0 Å². The average Bonchev–Trinajstić information content (AvgIpc) is 1.94. The molecule has 2 fully saturated rings. The van der Waals surface area contributed by atoms with Crippen LogP contribution in [-0.4, -0.2) is 49.1 Å². The fraction of sp³-hybridized carbons (Fsp3) is 1.00. The van der Waals surface area contributed by atoms with Crippen LogP contribution in [0.1, 0.15) is 27.7 Å². The topological polar surface area (TPSA) is 6.48 Å². The van der Waals surface area contributed by atoms with Gasteiger partial charge in [0, 0.05) is 44.7 Å². The second kappa shape index (κ2) is 4.06. The molecule has 0 bridgehead atoms. The molecule has 88 valence electrons. The summed E-state index contributed by atoms with van der Waals surface area (Å²) in [4.78, 5) is 5.24. The molecule has 15 heavy (non-hydrogen) atoms. The summed E-state index contributed by atoms with van der Waals surface area (Å²) < 4.78 is 0. The van der Waals surface area contributed by atoms with Gasteiger partial charge in [-0.2, -0.15) is 0 Å². The van der Waals surface area contributed by atoms with E-state index >= 15 is 0 Å². The maximum atomic E-state index is 2.62. The lowest BCUT2D eigenvalue weighted by molar-refractivity contribution is -0.120.